The number of hydrogen-bond donors (Lipinski definition) is 7. The van der Waals surface area contributed by atoms with Crippen molar-refractivity contribution in [2.75, 3.05) is 13.2 Å². The number of rotatable bonds is 44. The number of aliphatic hydroxyl groups excluding tert-OH is 5. The van der Waals surface area contributed by atoms with E-state index in [9.17, 15) is 43.3 Å². The lowest BCUT2D eigenvalue weighted by molar-refractivity contribution is -0.298. The molecule has 382 valence electrons. The molecule has 1 amide bonds. The first-order chi connectivity index (χ1) is 31.4. The molecule has 0 radical (unpaired) electrons. The average molecular weight is 946 g/mol. The lowest BCUT2D eigenvalue weighted by atomic mass is 9.99. The normalized spacial score (nSPS) is 20.9. The fourth-order valence-corrected chi connectivity index (χ4v) is 8.63. The molecule has 1 fully saturated rings. The lowest BCUT2D eigenvalue weighted by Crippen LogP contribution is -2.61. The summed E-state index contributed by atoms with van der Waals surface area (Å²) in [6.07, 6.45) is 37.9. The van der Waals surface area contributed by atoms with E-state index < -0.39 is 78.5 Å². The molecule has 8 unspecified atom stereocenters. The van der Waals surface area contributed by atoms with Crippen molar-refractivity contribution in [3.05, 3.63) is 36.5 Å². The minimum absolute atomic E-state index is 0.223. The van der Waals surface area contributed by atoms with Gasteiger partial charge in [-0.2, -0.15) is 8.42 Å². The van der Waals surface area contributed by atoms with Gasteiger partial charge in [-0.3, -0.25) is 9.35 Å². The van der Waals surface area contributed by atoms with Crippen molar-refractivity contribution in [1.29, 1.82) is 0 Å². The molecule has 0 bridgehead atoms. The standard InChI is InChI=1S/C51H95NO12S/c1-3-5-7-9-11-13-15-17-19-21-22-24-25-27-29-31-33-35-37-39-44(54)43(42-62-51-48(57)49(64-65(59,60)61)47(56)46(41-53)63-51)52-50(58)45(55)40-38-36-34-32-30-28-26-23-20-18-16-14-12-10-8-6-4-2/h26,28-29,31,37,39,43-49,51,53-57H,3-25,27,30,32-36,38,40-42H2,1-2H3,(H,52,58)(H,59,60,61)/b28-26-,31-29+,39-37+. The monoisotopic (exact) mass is 946 g/mol. The highest BCUT2D eigenvalue weighted by molar-refractivity contribution is 7.80. The van der Waals surface area contributed by atoms with Crippen LogP contribution in [0.5, 0.6) is 0 Å². The quantitative estimate of drug-likeness (QED) is 0.0173. The fraction of sp³-hybridized carbons (Fsp3) is 0.863. The smallest absolute Gasteiger partial charge is 0.394 e. The van der Waals surface area contributed by atoms with Crippen LogP contribution in [0.3, 0.4) is 0 Å². The Balaban J connectivity index is 2.55. The molecule has 1 rings (SSSR count). The zero-order valence-corrected chi connectivity index (χ0v) is 41.5. The molecule has 0 saturated carbocycles. The van der Waals surface area contributed by atoms with E-state index in [0.717, 1.165) is 51.4 Å². The summed E-state index contributed by atoms with van der Waals surface area (Å²) in [5.74, 6) is -0.720. The third-order valence-corrected chi connectivity index (χ3v) is 12.7. The molecule has 0 aromatic carbocycles. The maximum absolute atomic E-state index is 13.1. The predicted molar refractivity (Wildman–Crippen MR) is 261 cm³/mol. The van der Waals surface area contributed by atoms with Gasteiger partial charge in [-0.1, -0.05) is 198 Å². The van der Waals surface area contributed by atoms with E-state index in [2.05, 4.69) is 47.7 Å². The Kier molecular flexibility index (Phi) is 38.9. The van der Waals surface area contributed by atoms with Gasteiger partial charge in [0.15, 0.2) is 6.29 Å². The third-order valence-electron chi connectivity index (χ3n) is 12.3. The van der Waals surface area contributed by atoms with Crippen LogP contribution >= 0.6 is 0 Å². The number of carbonyl (C=O) groups is 1. The number of amides is 1. The Bertz CT molecular complexity index is 1310. The van der Waals surface area contributed by atoms with Crippen molar-refractivity contribution in [3.63, 3.8) is 0 Å². The number of nitrogens with one attached hydrogen (secondary N) is 1. The maximum atomic E-state index is 13.1. The summed E-state index contributed by atoms with van der Waals surface area (Å²) in [6, 6.07) is -1.14. The first-order valence-corrected chi connectivity index (χ1v) is 27.3. The fourth-order valence-electron chi connectivity index (χ4n) is 8.12. The Morgan fingerprint density at radius 1 is 0.615 bits per heavy atom. The highest BCUT2D eigenvalue weighted by Gasteiger charge is 2.48. The van der Waals surface area contributed by atoms with E-state index in [1.54, 1.807) is 6.08 Å². The highest BCUT2D eigenvalue weighted by atomic mass is 32.3. The van der Waals surface area contributed by atoms with E-state index in [1.165, 1.54) is 141 Å². The van der Waals surface area contributed by atoms with Crippen LogP contribution in [0.4, 0.5) is 0 Å². The van der Waals surface area contributed by atoms with E-state index in [0.29, 0.717) is 12.8 Å². The van der Waals surface area contributed by atoms with Crippen LogP contribution in [0, 0.1) is 0 Å². The first kappa shape index (κ1) is 61.3. The molecule has 65 heavy (non-hydrogen) atoms. The van der Waals surface area contributed by atoms with Crippen LogP contribution in [0.25, 0.3) is 0 Å². The molecule has 1 saturated heterocycles. The number of allylic oxidation sites excluding steroid dienone is 5. The van der Waals surface area contributed by atoms with Gasteiger partial charge < -0.3 is 40.3 Å². The third kappa shape index (κ3) is 33.4. The molecular weight excluding hydrogens is 851 g/mol. The zero-order valence-electron chi connectivity index (χ0n) is 40.7. The largest absolute Gasteiger partial charge is 0.397 e. The Morgan fingerprint density at radius 2 is 1.03 bits per heavy atom. The molecule has 14 heteroatoms. The average Bonchev–Trinajstić information content (AvgIpc) is 3.28. The predicted octanol–water partition coefficient (Wildman–Crippen LogP) is 10.0. The molecule has 0 spiro atoms. The Hall–Kier alpha value is -1.72. The van der Waals surface area contributed by atoms with Gasteiger partial charge in [-0.05, 0) is 57.8 Å². The number of unbranched alkanes of at least 4 members (excludes halogenated alkanes) is 27. The molecule has 0 aromatic heterocycles. The van der Waals surface area contributed by atoms with Crippen molar-refractivity contribution in [3.8, 4) is 0 Å². The van der Waals surface area contributed by atoms with E-state index in [4.69, 9.17) is 9.47 Å². The Labute approximate surface area is 395 Å². The molecule has 1 aliphatic rings. The van der Waals surface area contributed by atoms with E-state index >= 15 is 0 Å². The van der Waals surface area contributed by atoms with Gasteiger partial charge in [0.1, 0.15) is 30.5 Å². The van der Waals surface area contributed by atoms with Gasteiger partial charge in [0.25, 0.3) is 0 Å². The second kappa shape index (κ2) is 41.3. The molecule has 13 nitrogen and oxygen atoms in total. The molecule has 7 N–H and O–H groups in total. The van der Waals surface area contributed by atoms with Crippen LogP contribution in [0.2, 0.25) is 0 Å². The first-order valence-electron chi connectivity index (χ1n) is 26.0. The molecule has 1 heterocycles. The molecule has 0 aromatic rings. The second-order valence-electron chi connectivity index (χ2n) is 18.2. The zero-order chi connectivity index (χ0) is 47.8. The van der Waals surface area contributed by atoms with Crippen molar-refractivity contribution < 1.29 is 57.0 Å². The van der Waals surface area contributed by atoms with Gasteiger partial charge in [0.2, 0.25) is 5.91 Å². The van der Waals surface area contributed by atoms with Crippen molar-refractivity contribution >= 4 is 16.3 Å². The van der Waals surface area contributed by atoms with Crippen LogP contribution in [-0.2, 0) is 28.9 Å². The van der Waals surface area contributed by atoms with Crippen molar-refractivity contribution in [1.82, 2.24) is 5.32 Å². The number of carbonyl (C=O) groups excluding carboxylic acids is 1. The molecule has 8 atom stereocenters. The van der Waals surface area contributed by atoms with Crippen molar-refractivity contribution in [2.45, 2.75) is 268 Å². The van der Waals surface area contributed by atoms with E-state index in [1.807, 2.05) is 0 Å². The van der Waals surface area contributed by atoms with Gasteiger partial charge >= 0.3 is 10.4 Å². The maximum Gasteiger partial charge on any atom is 0.397 e. The van der Waals surface area contributed by atoms with Gasteiger partial charge in [0, 0.05) is 0 Å². The minimum Gasteiger partial charge on any atom is -0.394 e. The summed E-state index contributed by atoms with van der Waals surface area (Å²) in [5, 5.41) is 55.3. The topological polar surface area (TPSA) is 212 Å². The number of hydrogen-bond acceptors (Lipinski definition) is 11. The summed E-state index contributed by atoms with van der Waals surface area (Å²) in [6.45, 7) is 3.22. The summed E-state index contributed by atoms with van der Waals surface area (Å²) >= 11 is 0. The molecular formula is C51H95NO12S. The minimum atomic E-state index is -5.13. The Morgan fingerprint density at radius 3 is 1.48 bits per heavy atom. The summed E-state index contributed by atoms with van der Waals surface area (Å²) < 4.78 is 47.6. The van der Waals surface area contributed by atoms with Crippen LogP contribution in [0.1, 0.15) is 219 Å². The molecule has 0 aliphatic carbocycles. The van der Waals surface area contributed by atoms with Gasteiger partial charge in [0.05, 0.1) is 25.4 Å². The summed E-state index contributed by atoms with van der Waals surface area (Å²) in [7, 11) is -5.13. The highest BCUT2D eigenvalue weighted by Crippen LogP contribution is 2.26. The summed E-state index contributed by atoms with van der Waals surface area (Å²) in [5.41, 5.74) is 0. The summed E-state index contributed by atoms with van der Waals surface area (Å²) in [4.78, 5) is 13.1. The van der Waals surface area contributed by atoms with E-state index in [-0.39, 0.29) is 6.42 Å². The van der Waals surface area contributed by atoms with Crippen LogP contribution in [0.15, 0.2) is 36.5 Å². The number of aliphatic hydroxyl groups is 5. The van der Waals surface area contributed by atoms with Crippen LogP contribution in [-0.4, -0.2) is 107 Å². The van der Waals surface area contributed by atoms with Gasteiger partial charge in [-0.15, -0.1) is 0 Å². The SMILES string of the molecule is CCCCCCCCCCC/C=C\CCCCCCC(O)C(=O)NC(COC1OC(CO)C(O)C(OS(=O)(=O)O)C1O)C(O)/C=C/CC/C=C/CCCCCCCCCCCCCCC. The second-order valence-corrected chi connectivity index (χ2v) is 19.3. The number of ether oxygens (including phenoxy) is 2. The lowest BCUT2D eigenvalue weighted by Gasteiger charge is -2.41. The van der Waals surface area contributed by atoms with Crippen molar-refractivity contribution in [2.24, 2.45) is 0 Å². The van der Waals surface area contributed by atoms with Crippen LogP contribution < -0.4 is 5.32 Å². The molecule has 1 aliphatic heterocycles. The van der Waals surface area contributed by atoms with Gasteiger partial charge in [-0.25, -0.2) is 4.18 Å².